The Morgan fingerprint density at radius 3 is 2.86 bits per heavy atom. The number of thiazole rings is 1. The van der Waals surface area contributed by atoms with Crippen LogP contribution in [0.1, 0.15) is 35.9 Å². The predicted octanol–water partition coefficient (Wildman–Crippen LogP) is 5.49. The molecule has 3 rings (SSSR count). The summed E-state index contributed by atoms with van der Waals surface area (Å²) in [5.74, 6) is 1.07. The number of rotatable bonds is 9. The van der Waals surface area contributed by atoms with E-state index in [2.05, 4.69) is 20.7 Å². The number of hydrogen-bond donors (Lipinski definition) is 1. The van der Waals surface area contributed by atoms with E-state index in [1.165, 1.54) is 0 Å². The molecule has 0 aliphatic heterocycles. The molecule has 3 aromatic rings. The van der Waals surface area contributed by atoms with E-state index in [0.717, 1.165) is 35.5 Å². The van der Waals surface area contributed by atoms with Gasteiger partial charge in [0, 0.05) is 41.0 Å². The van der Waals surface area contributed by atoms with Gasteiger partial charge >= 0.3 is 0 Å². The molecule has 8 heteroatoms. The molecular formula is C20H21Cl2N3O2S. The monoisotopic (exact) mass is 437 g/mol. The summed E-state index contributed by atoms with van der Waals surface area (Å²) >= 11 is 13.8. The zero-order valence-electron chi connectivity index (χ0n) is 15.5. The molecular weight excluding hydrogens is 417 g/mol. The summed E-state index contributed by atoms with van der Waals surface area (Å²) in [4.78, 5) is 20.7. The van der Waals surface area contributed by atoms with Gasteiger partial charge in [0.05, 0.1) is 16.2 Å². The van der Waals surface area contributed by atoms with Gasteiger partial charge in [-0.2, -0.15) is 0 Å². The van der Waals surface area contributed by atoms with Gasteiger partial charge in [0.1, 0.15) is 0 Å². The van der Waals surface area contributed by atoms with Crippen molar-refractivity contribution in [3.05, 3.63) is 56.4 Å². The quantitative estimate of drug-likeness (QED) is 0.449. The molecule has 0 atom stereocenters. The first-order chi connectivity index (χ1) is 13.5. The van der Waals surface area contributed by atoms with Crippen LogP contribution in [0.15, 0.2) is 34.2 Å². The number of benzene rings is 1. The summed E-state index contributed by atoms with van der Waals surface area (Å²) in [6, 6.07) is 5.19. The maximum Gasteiger partial charge on any atom is 0.220 e. The Labute approximate surface area is 178 Å². The molecule has 0 saturated carbocycles. The standard InChI is InChI=1S/C20H21Cl2N3O2S/c1-13-12-28-20(25-13)4-2-3-9-23-18(26)7-8-19-24-11-17(27-19)15-6-5-14(21)10-16(15)22/h5-6,10-12H,2-4,7-9H2,1H3,(H,23,26). The predicted molar refractivity (Wildman–Crippen MR) is 113 cm³/mol. The van der Waals surface area contributed by atoms with Crippen molar-refractivity contribution in [1.82, 2.24) is 15.3 Å². The van der Waals surface area contributed by atoms with Crippen molar-refractivity contribution in [2.45, 2.75) is 39.0 Å². The summed E-state index contributed by atoms with van der Waals surface area (Å²) < 4.78 is 5.71. The van der Waals surface area contributed by atoms with Crippen molar-refractivity contribution >= 4 is 40.4 Å². The van der Waals surface area contributed by atoms with Crippen molar-refractivity contribution in [2.24, 2.45) is 0 Å². The highest BCUT2D eigenvalue weighted by molar-refractivity contribution is 7.09. The molecule has 148 valence electrons. The summed E-state index contributed by atoms with van der Waals surface area (Å²) in [6.45, 7) is 2.67. The maximum atomic E-state index is 12.0. The fourth-order valence-electron chi connectivity index (χ4n) is 2.70. The molecule has 0 radical (unpaired) electrons. The van der Waals surface area contributed by atoms with Crippen LogP contribution in [0.25, 0.3) is 11.3 Å². The highest BCUT2D eigenvalue weighted by Crippen LogP contribution is 2.30. The number of carbonyl (C=O) groups is 1. The van der Waals surface area contributed by atoms with Crippen LogP contribution < -0.4 is 5.32 Å². The number of nitrogens with one attached hydrogen (secondary N) is 1. The summed E-state index contributed by atoms with van der Waals surface area (Å²) in [6.07, 6.45) is 5.29. The second-order valence-electron chi connectivity index (χ2n) is 6.43. The van der Waals surface area contributed by atoms with Crippen LogP contribution in [0, 0.1) is 6.92 Å². The summed E-state index contributed by atoms with van der Waals surface area (Å²) in [5, 5.41) is 7.22. The zero-order chi connectivity index (χ0) is 19.9. The number of amides is 1. The van der Waals surface area contributed by atoms with E-state index in [0.29, 0.717) is 41.1 Å². The summed E-state index contributed by atoms with van der Waals surface area (Å²) in [7, 11) is 0. The molecule has 5 nitrogen and oxygen atoms in total. The average Bonchev–Trinajstić information content (AvgIpc) is 3.29. The van der Waals surface area contributed by atoms with Gasteiger partial charge < -0.3 is 9.73 Å². The second-order valence-corrected chi connectivity index (χ2v) is 8.22. The Bertz CT molecular complexity index is 939. The molecule has 1 N–H and O–H groups in total. The molecule has 0 aliphatic carbocycles. The molecule has 1 aromatic carbocycles. The van der Waals surface area contributed by atoms with Gasteiger partial charge in [-0.05, 0) is 44.4 Å². The third-order valence-electron chi connectivity index (χ3n) is 4.12. The van der Waals surface area contributed by atoms with Crippen LogP contribution in [0.5, 0.6) is 0 Å². The smallest absolute Gasteiger partial charge is 0.220 e. The van der Waals surface area contributed by atoms with Crippen LogP contribution in [0.4, 0.5) is 0 Å². The lowest BCUT2D eigenvalue weighted by Gasteiger charge is -2.04. The fourth-order valence-corrected chi connectivity index (χ4v) is 4.01. The molecule has 2 heterocycles. The number of nitrogens with zero attached hydrogens (tertiary/aromatic N) is 2. The van der Waals surface area contributed by atoms with Crippen molar-refractivity contribution in [3.63, 3.8) is 0 Å². The van der Waals surface area contributed by atoms with Crippen LogP contribution in [0.2, 0.25) is 10.0 Å². The Morgan fingerprint density at radius 2 is 2.11 bits per heavy atom. The van der Waals surface area contributed by atoms with Crippen molar-refractivity contribution < 1.29 is 9.21 Å². The third-order valence-corrected chi connectivity index (χ3v) is 5.70. The normalized spacial score (nSPS) is 11.0. The van der Waals surface area contributed by atoms with E-state index >= 15 is 0 Å². The van der Waals surface area contributed by atoms with Gasteiger partial charge in [-0.3, -0.25) is 4.79 Å². The number of aromatic nitrogens is 2. The average molecular weight is 438 g/mol. The van der Waals surface area contributed by atoms with Gasteiger partial charge in [-0.1, -0.05) is 23.2 Å². The van der Waals surface area contributed by atoms with Crippen molar-refractivity contribution in [3.8, 4) is 11.3 Å². The minimum absolute atomic E-state index is 0.00521. The fraction of sp³-hybridized carbons (Fsp3) is 0.350. The Balaban J connectivity index is 1.37. The number of halogens is 2. The van der Waals surface area contributed by atoms with E-state index in [1.54, 1.807) is 35.7 Å². The number of carbonyl (C=O) groups excluding carboxylic acids is 1. The largest absolute Gasteiger partial charge is 0.441 e. The van der Waals surface area contributed by atoms with E-state index in [4.69, 9.17) is 27.6 Å². The number of aryl methyl sites for hydroxylation is 3. The zero-order valence-corrected chi connectivity index (χ0v) is 17.8. The third kappa shape index (κ3) is 6.06. The highest BCUT2D eigenvalue weighted by atomic mass is 35.5. The first kappa shape index (κ1) is 20.8. The van der Waals surface area contributed by atoms with Crippen molar-refractivity contribution in [1.29, 1.82) is 0 Å². The van der Waals surface area contributed by atoms with Gasteiger partial charge in [0.25, 0.3) is 0 Å². The minimum Gasteiger partial charge on any atom is -0.441 e. The van der Waals surface area contributed by atoms with Gasteiger partial charge in [-0.25, -0.2) is 9.97 Å². The SMILES string of the molecule is Cc1csc(CCCCNC(=O)CCc2ncc(-c3ccc(Cl)cc3Cl)o2)n1. The molecule has 1 amide bonds. The summed E-state index contributed by atoms with van der Waals surface area (Å²) in [5.41, 5.74) is 1.80. The molecule has 0 saturated heterocycles. The van der Waals surface area contributed by atoms with Crippen molar-refractivity contribution in [2.75, 3.05) is 6.54 Å². The molecule has 0 bridgehead atoms. The molecule has 28 heavy (non-hydrogen) atoms. The Morgan fingerprint density at radius 1 is 1.25 bits per heavy atom. The minimum atomic E-state index is -0.00521. The lowest BCUT2D eigenvalue weighted by molar-refractivity contribution is -0.121. The number of oxazole rings is 1. The van der Waals surface area contributed by atoms with Gasteiger partial charge in [-0.15, -0.1) is 11.3 Å². The number of hydrogen-bond acceptors (Lipinski definition) is 5. The second kappa shape index (κ2) is 10.0. The Kier molecular flexibility index (Phi) is 7.48. The first-order valence-electron chi connectivity index (χ1n) is 9.09. The molecule has 0 aliphatic rings. The molecule has 0 spiro atoms. The first-order valence-corrected chi connectivity index (χ1v) is 10.7. The number of unbranched alkanes of at least 4 members (excludes halogenated alkanes) is 1. The van der Waals surface area contributed by atoms with Crippen LogP contribution in [-0.2, 0) is 17.6 Å². The van der Waals surface area contributed by atoms with Crippen LogP contribution >= 0.6 is 34.5 Å². The lowest BCUT2D eigenvalue weighted by Crippen LogP contribution is -2.24. The van der Waals surface area contributed by atoms with E-state index in [1.807, 2.05) is 6.92 Å². The Hall–Kier alpha value is -1.89. The van der Waals surface area contributed by atoms with Crippen LogP contribution in [-0.4, -0.2) is 22.4 Å². The topological polar surface area (TPSA) is 68.0 Å². The maximum absolute atomic E-state index is 12.0. The van der Waals surface area contributed by atoms with E-state index < -0.39 is 0 Å². The van der Waals surface area contributed by atoms with Gasteiger partial charge in [0.2, 0.25) is 5.91 Å². The van der Waals surface area contributed by atoms with Gasteiger partial charge in [0.15, 0.2) is 11.7 Å². The van der Waals surface area contributed by atoms with E-state index in [9.17, 15) is 4.79 Å². The molecule has 0 fully saturated rings. The molecule has 2 aromatic heterocycles. The van der Waals surface area contributed by atoms with E-state index in [-0.39, 0.29) is 5.91 Å². The highest BCUT2D eigenvalue weighted by Gasteiger charge is 2.11. The lowest BCUT2D eigenvalue weighted by atomic mass is 10.2. The molecule has 0 unspecified atom stereocenters. The van der Waals surface area contributed by atoms with Crippen LogP contribution in [0.3, 0.4) is 0 Å².